The van der Waals surface area contributed by atoms with Gasteiger partial charge >= 0.3 is 0 Å². The maximum absolute atomic E-state index is 13.0. The Morgan fingerprint density at radius 3 is 2.59 bits per heavy atom. The van der Waals surface area contributed by atoms with Crippen LogP contribution in [0.5, 0.6) is 0 Å². The van der Waals surface area contributed by atoms with E-state index in [1.54, 1.807) is 13.8 Å². The normalized spacial score (nSPS) is 13.4. The summed E-state index contributed by atoms with van der Waals surface area (Å²) in [6, 6.07) is 5.85. The first-order chi connectivity index (χ1) is 10.2. The summed E-state index contributed by atoms with van der Waals surface area (Å²) in [6.45, 7) is 3.78. The molecular weight excluding hydrogens is 329 g/mol. The molecule has 0 aliphatic heterocycles. The molecule has 1 rings (SSSR count). The maximum Gasteiger partial charge on any atom is 0.282 e. The van der Waals surface area contributed by atoms with Gasteiger partial charge in [0.05, 0.1) is 12.0 Å². The van der Waals surface area contributed by atoms with Crippen LogP contribution in [0.3, 0.4) is 0 Å². The van der Waals surface area contributed by atoms with E-state index in [-0.39, 0.29) is 24.7 Å². The number of benzene rings is 1. The second-order valence-electron chi connectivity index (χ2n) is 4.98. The second kappa shape index (κ2) is 7.88. The van der Waals surface area contributed by atoms with Gasteiger partial charge in [-0.25, -0.2) is 4.39 Å². The maximum atomic E-state index is 13.0. The molecule has 0 spiro atoms. The lowest BCUT2D eigenvalue weighted by molar-refractivity contribution is 0.350. The van der Waals surface area contributed by atoms with Gasteiger partial charge in [0.1, 0.15) is 5.82 Å². The highest BCUT2D eigenvalue weighted by Crippen LogP contribution is 2.20. The summed E-state index contributed by atoms with van der Waals surface area (Å²) >= 11 is 5.93. The van der Waals surface area contributed by atoms with E-state index in [0.29, 0.717) is 5.56 Å². The summed E-state index contributed by atoms with van der Waals surface area (Å²) in [7, 11) is -2.29. The molecule has 0 aliphatic carbocycles. The van der Waals surface area contributed by atoms with Crippen molar-refractivity contribution in [1.29, 1.82) is 5.26 Å². The van der Waals surface area contributed by atoms with Crippen LogP contribution in [0.15, 0.2) is 18.2 Å². The van der Waals surface area contributed by atoms with Crippen LogP contribution in [0.1, 0.15) is 19.4 Å². The Morgan fingerprint density at radius 1 is 1.45 bits per heavy atom. The van der Waals surface area contributed by atoms with Gasteiger partial charge in [-0.15, -0.1) is 0 Å². The van der Waals surface area contributed by atoms with E-state index in [0.717, 1.165) is 10.4 Å². The van der Waals surface area contributed by atoms with E-state index in [1.165, 1.54) is 23.5 Å². The molecule has 0 N–H and O–H groups in total. The Morgan fingerprint density at radius 2 is 2.09 bits per heavy atom. The number of rotatable bonds is 7. The van der Waals surface area contributed by atoms with Crippen molar-refractivity contribution in [1.82, 2.24) is 8.61 Å². The fourth-order valence-electron chi connectivity index (χ4n) is 1.90. The molecule has 0 heterocycles. The predicted molar refractivity (Wildman–Crippen MR) is 83.8 cm³/mol. The van der Waals surface area contributed by atoms with Crippen LogP contribution in [0.2, 0.25) is 5.02 Å². The average molecular weight is 348 g/mol. The third-order valence-corrected chi connectivity index (χ3v) is 5.51. The fraction of sp³-hybridized carbons (Fsp3) is 0.500. The summed E-state index contributed by atoms with van der Waals surface area (Å²) in [4.78, 5) is 0. The highest BCUT2D eigenvalue weighted by atomic mass is 35.5. The van der Waals surface area contributed by atoms with Crippen molar-refractivity contribution in [3.63, 3.8) is 0 Å². The highest BCUT2D eigenvalue weighted by molar-refractivity contribution is 7.86. The van der Waals surface area contributed by atoms with Crippen LogP contribution in [0, 0.1) is 23.1 Å². The zero-order valence-corrected chi connectivity index (χ0v) is 14.3. The van der Waals surface area contributed by atoms with E-state index in [9.17, 15) is 12.8 Å². The van der Waals surface area contributed by atoms with E-state index in [2.05, 4.69) is 0 Å². The molecule has 22 heavy (non-hydrogen) atoms. The molecule has 5 nitrogen and oxygen atoms in total. The van der Waals surface area contributed by atoms with E-state index in [4.69, 9.17) is 16.9 Å². The first-order valence-electron chi connectivity index (χ1n) is 6.77. The summed E-state index contributed by atoms with van der Waals surface area (Å²) in [5, 5.41) is 9.02. The lowest BCUT2D eigenvalue weighted by Gasteiger charge is -2.27. The van der Waals surface area contributed by atoms with Gasteiger partial charge in [0, 0.05) is 31.7 Å². The summed E-state index contributed by atoms with van der Waals surface area (Å²) in [5.74, 6) is -0.880. The van der Waals surface area contributed by atoms with Gasteiger partial charge in [-0.1, -0.05) is 24.6 Å². The van der Waals surface area contributed by atoms with Gasteiger partial charge in [-0.05, 0) is 24.6 Å². The quantitative estimate of drug-likeness (QED) is 0.761. The Kier molecular flexibility index (Phi) is 6.75. The first-order valence-corrected chi connectivity index (χ1v) is 8.54. The predicted octanol–water partition coefficient (Wildman–Crippen LogP) is 2.64. The third-order valence-electron chi connectivity index (χ3n) is 3.18. The van der Waals surface area contributed by atoms with Crippen molar-refractivity contribution in [2.24, 2.45) is 5.92 Å². The van der Waals surface area contributed by atoms with E-state index < -0.39 is 21.9 Å². The van der Waals surface area contributed by atoms with Gasteiger partial charge < -0.3 is 0 Å². The van der Waals surface area contributed by atoms with Crippen molar-refractivity contribution < 1.29 is 12.8 Å². The molecule has 0 aromatic heterocycles. The van der Waals surface area contributed by atoms with Crippen molar-refractivity contribution in [2.45, 2.75) is 20.4 Å². The van der Waals surface area contributed by atoms with E-state index in [1.807, 2.05) is 6.07 Å². The first kappa shape index (κ1) is 18.8. The van der Waals surface area contributed by atoms with Crippen molar-refractivity contribution in [3.8, 4) is 6.07 Å². The molecule has 0 saturated heterocycles. The van der Waals surface area contributed by atoms with Gasteiger partial charge in [0.15, 0.2) is 0 Å². The molecular formula is C14H19ClFN3O2S. The van der Waals surface area contributed by atoms with E-state index >= 15 is 0 Å². The Hall–Kier alpha value is -1.20. The van der Waals surface area contributed by atoms with Gasteiger partial charge in [0.2, 0.25) is 0 Å². The zero-order valence-electron chi connectivity index (χ0n) is 12.8. The number of hydrogen-bond donors (Lipinski definition) is 0. The van der Waals surface area contributed by atoms with Gasteiger partial charge in [-0.3, -0.25) is 0 Å². The van der Waals surface area contributed by atoms with Crippen LogP contribution in [-0.4, -0.2) is 37.2 Å². The number of hydrogen-bond acceptors (Lipinski definition) is 3. The molecule has 8 heteroatoms. The minimum Gasteiger partial charge on any atom is -0.207 e. The zero-order chi connectivity index (χ0) is 16.9. The Balaban J connectivity index is 2.94. The number of halogens is 2. The lowest BCUT2D eigenvalue weighted by Crippen LogP contribution is -2.43. The molecule has 1 aromatic rings. The molecule has 0 amide bonds. The molecule has 1 aromatic carbocycles. The minimum absolute atomic E-state index is 0.0267. The molecule has 0 fully saturated rings. The third kappa shape index (κ3) is 4.65. The average Bonchev–Trinajstić information content (AvgIpc) is 2.46. The van der Waals surface area contributed by atoms with Crippen LogP contribution in [0.4, 0.5) is 4.39 Å². The number of nitriles is 1. The topological polar surface area (TPSA) is 64.4 Å². The van der Waals surface area contributed by atoms with Gasteiger partial charge in [-0.2, -0.15) is 22.3 Å². The molecule has 0 radical (unpaired) electrons. The van der Waals surface area contributed by atoms with Crippen LogP contribution >= 0.6 is 11.6 Å². The number of nitrogens with zero attached hydrogens (tertiary/aromatic N) is 3. The molecule has 0 bridgehead atoms. The molecule has 122 valence electrons. The lowest BCUT2D eigenvalue weighted by atomic mass is 10.2. The van der Waals surface area contributed by atoms with Crippen LogP contribution in [-0.2, 0) is 16.8 Å². The Labute approximate surface area is 136 Å². The van der Waals surface area contributed by atoms with Crippen molar-refractivity contribution in [2.75, 3.05) is 20.1 Å². The standard InChI is InChI=1S/C14H19ClFN3O2S/c1-4-19(9-11(2)8-17)22(20,21)18(3)10-12-5-6-13(16)7-14(12)15/h5-7,11H,4,9-10H2,1-3H3/t11-/m0/s1. The summed E-state index contributed by atoms with van der Waals surface area (Å²) < 4.78 is 40.4. The monoisotopic (exact) mass is 347 g/mol. The van der Waals surface area contributed by atoms with Gasteiger partial charge in [0.25, 0.3) is 10.2 Å². The SMILES string of the molecule is CCN(C[C@@H](C)C#N)S(=O)(=O)N(C)Cc1ccc(F)cc1Cl. The summed E-state index contributed by atoms with van der Waals surface area (Å²) in [6.07, 6.45) is 0. The molecule has 0 unspecified atom stereocenters. The Bertz CT molecular complexity index is 661. The fourth-order valence-corrected chi connectivity index (χ4v) is 3.56. The minimum atomic E-state index is -3.72. The smallest absolute Gasteiger partial charge is 0.207 e. The van der Waals surface area contributed by atoms with Crippen molar-refractivity contribution in [3.05, 3.63) is 34.6 Å². The molecule has 0 aliphatic rings. The second-order valence-corrected chi connectivity index (χ2v) is 7.42. The van der Waals surface area contributed by atoms with Crippen LogP contribution in [0.25, 0.3) is 0 Å². The largest absolute Gasteiger partial charge is 0.282 e. The highest BCUT2D eigenvalue weighted by Gasteiger charge is 2.27. The van der Waals surface area contributed by atoms with Crippen LogP contribution < -0.4 is 0 Å². The summed E-state index contributed by atoms with van der Waals surface area (Å²) in [5.41, 5.74) is 0.513. The van der Waals surface area contributed by atoms with Crippen molar-refractivity contribution >= 4 is 21.8 Å². The molecule has 1 atom stereocenters. The molecule has 0 saturated carbocycles.